The van der Waals surface area contributed by atoms with Gasteiger partial charge in [-0.15, -0.1) is 0 Å². The summed E-state index contributed by atoms with van der Waals surface area (Å²) in [6, 6.07) is 8.46. The van der Waals surface area contributed by atoms with E-state index < -0.39 is 0 Å². The number of allylic oxidation sites excluding steroid dienone is 4. The predicted molar refractivity (Wildman–Crippen MR) is 95.5 cm³/mol. The number of aryl methyl sites for hydroxylation is 1. The molecule has 0 amide bonds. The summed E-state index contributed by atoms with van der Waals surface area (Å²) >= 11 is 0. The summed E-state index contributed by atoms with van der Waals surface area (Å²) in [5.74, 6) is 1.08. The number of hydrogen-bond donors (Lipinski definition) is 0. The normalized spacial score (nSPS) is 21.0. The molecule has 0 saturated carbocycles. The highest BCUT2D eigenvalue weighted by atomic mass is 16.5. The molecule has 0 spiro atoms. The number of fused-ring (bicyclic) bond motifs is 1. The van der Waals surface area contributed by atoms with Gasteiger partial charge in [-0.3, -0.25) is 0 Å². The highest BCUT2D eigenvalue weighted by molar-refractivity contribution is 5.35. The summed E-state index contributed by atoms with van der Waals surface area (Å²) in [7, 11) is 0. The van der Waals surface area contributed by atoms with Gasteiger partial charge in [0.05, 0.1) is 0 Å². The fraction of sp³-hybridized carbons (Fsp3) is 0.524. The van der Waals surface area contributed by atoms with Crippen LogP contribution in [0.2, 0.25) is 0 Å². The topological polar surface area (TPSA) is 9.23 Å². The van der Waals surface area contributed by atoms with Crippen LogP contribution in [0.3, 0.4) is 0 Å². The molecule has 0 bridgehead atoms. The zero-order chi connectivity index (χ0) is 16.0. The molecular weight excluding hydrogens is 268 g/mol. The molecule has 1 aromatic carbocycles. The standard InChI is InChI=1S/C21H30O/c1-17(2)9-7-10-18(3)11-8-15-21(4)16-14-19-12-5-6-13-20(19)22-21/h5-6,9,11-13H,7-8,10,14-16H2,1-4H3/b18-11+/t21-/m0/s1. The third-order valence-corrected chi connectivity index (χ3v) is 4.51. The fourth-order valence-corrected chi connectivity index (χ4v) is 3.02. The van der Waals surface area contributed by atoms with Crippen LogP contribution < -0.4 is 4.74 Å². The van der Waals surface area contributed by atoms with Crippen LogP contribution >= 0.6 is 0 Å². The highest BCUT2D eigenvalue weighted by Crippen LogP contribution is 2.35. The Morgan fingerprint density at radius 3 is 2.68 bits per heavy atom. The molecule has 0 fully saturated rings. The van der Waals surface area contributed by atoms with E-state index in [1.165, 1.54) is 23.1 Å². The molecule has 1 atom stereocenters. The lowest BCUT2D eigenvalue weighted by Gasteiger charge is -2.35. The van der Waals surface area contributed by atoms with Crippen molar-refractivity contribution in [3.8, 4) is 5.75 Å². The Hall–Kier alpha value is -1.50. The van der Waals surface area contributed by atoms with Crippen LogP contribution in [0.5, 0.6) is 5.75 Å². The quantitative estimate of drug-likeness (QED) is 0.564. The van der Waals surface area contributed by atoms with Crippen LogP contribution in [-0.2, 0) is 6.42 Å². The Labute approximate surface area is 136 Å². The molecule has 0 radical (unpaired) electrons. The van der Waals surface area contributed by atoms with E-state index in [-0.39, 0.29) is 5.60 Å². The van der Waals surface area contributed by atoms with E-state index in [2.05, 4.69) is 64.1 Å². The Morgan fingerprint density at radius 1 is 1.14 bits per heavy atom. The first-order chi connectivity index (χ1) is 10.5. The molecule has 1 nitrogen and oxygen atoms in total. The molecule has 1 aliphatic heterocycles. The maximum atomic E-state index is 6.28. The van der Waals surface area contributed by atoms with Crippen molar-refractivity contribution in [3.05, 3.63) is 53.1 Å². The molecule has 1 aliphatic rings. The van der Waals surface area contributed by atoms with Crippen LogP contribution in [0.4, 0.5) is 0 Å². The Balaban J connectivity index is 1.83. The van der Waals surface area contributed by atoms with E-state index in [0.29, 0.717) is 0 Å². The molecule has 0 unspecified atom stereocenters. The van der Waals surface area contributed by atoms with Crippen LogP contribution in [0.1, 0.15) is 65.4 Å². The van der Waals surface area contributed by atoms with Crippen molar-refractivity contribution in [2.75, 3.05) is 0 Å². The Kier molecular flexibility index (Phi) is 5.88. The van der Waals surface area contributed by atoms with E-state index in [1.807, 2.05) is 0 Å². The molecule has 0 N–H and O–H groups in total. The second-order valence-corrected chi connectivity index (χ2v) is 7.07. The van der Waals surface area contributed by atoms with Gasteiger partial charge >= 0.3 is 0 Å². The van der Waals surface area contributed by atoms with Crippen molar-refractivity contribution in [1.29, 1.82) is 0 Å². The van der Waals surface area contributed by atoms with Crippen LogP contribution in [0.15, 0.2) is 47.6 Å². The van der Waals surface area contributed by atoms with Gasteiger partial charge in [0, 0.05) is 0 Å². The number of rotatable bonds is 6. The first kappa shape index (κ1) is 16.9. The maximum Gasteiger partial charge on any atom is 0.123 e. The van der Waals surface area contributed by atoms with Gasteiger partial charge in [0.2, 0.25) is 0 Å². The minimum atomic E-state index is -0.00889. The molecule has 22 heavy (non-hydrogen) atoms. The van der Waals surface area contributed by atoms with Gasteiger partial charge in [-0.25, -0.2) is 0 Å². The van der Waals surface area contributed by atoms with E-state index >= 15 is 0 Å². The van der Waals surface area contributed by atoms with Crippen LogP contribution in [0.25, 0.3) is 0 Å². The summed E-state index contributed by atoms with van der Waals surface area (Å²) < 4.78 is 6.28. The SMILES string of the molecule is CC(C)=CCC/C(C)=C/CC[C@@]1(C)CCc2ccccc2O1. The van der Waals surface area contributed by atoms with Gasteiger partial charge < -0.3 is 4.74 Å². The predicted octanol–water partition coefficient (Wildman–Crippen LogP) is 6.24. The largest absolute Gasteiger partial charge is 0.487 e. The molecule has 1 aromatic rings. The van der Waals surface area contributed by atoms with E-state index in [1.54, 1.807) is 0 Å². The zero-order valence-corrected chi connectivity index (χ0v) is 14.6. The van der Waals surface area contributed by atoms with Gasteiger partial charge in [0.15, 0.2) is 0 Å². The van der Waals surface area contributed by atoms with Gasteiger partial charge in [-0.1, -0.05) is 41.5 Å². The number of ether oxygens (including phenoxy) is 1. The summed E-state index contributed by atoms with van der Waals surface area (Å²) in [6.45, 7) is 8.84. The number of hydrogen-bond acceptors (Lipinski definition) is 1. The minimum absolute atomic E-state index is 0.00889. The molecule has 0 aliphatic carbocycles. The van der Waals surface area contributed by atoms with Crippen molar-refractivity contribution in [2.45, 2.75) is 71.8 Å². The molecule has 1 heteroatoms. The molecular formula is C21H30O. The Bertz CT molecular complexity index is 549. The second-order valence-electron chi connectivity index (χ2n) is 7.07. The molecule has 2 rings (SSSR count). The zero-order valence-electron chi connectivity index (χ0n) is 14.6. The number of para-hydroxylation sites is 1. The Morgan fingerprint density at radius 2 is 1.91 bits per heavy atom. The van der Waals surface area contributed by atoms with Crippen molar-refractivity contribution in [2.24, 2.45) is 0 Å². The lowest BCUT2D eigenvalue weighted by molar-refractivity contribution is 0.0572. The van der Waals surface area contributed by atoms with Gasteiger partial charge in [0.25, 0.3) is 0 Å². The van der Waals surface area contributed by atoms with E-state index in [0.717, 1.165) is 37.9 Å². The first-order valence-corrected chi connectivity index (χ1v) is 8.54. The highest BCUT2D eigenvalue weighted by Gasteiger charge is 2.30. The molecule has 120 valence electrons. The molecule has 1 heterocycles. The average molecular weight is 298 g/mol. The summed E-state index contributed by atoms with van der Waals surface area (Å²) in [6.07, 6.45) is 11.5. The van der Waals surface area contributed by atoms with E-state index in [4.69, 9.17) is 4.74 Å². The summed E-state index contributed by atoms with van der Waals surface area (Å²) in [5.41, 5.74) is 4.26. The molecule has 0 aromatic heterocycles. The lowest BCUT2D eigenvalue weighted by Crippen LogP contribution is -2.36. The maximum absolute atomic E-state index is 6.28. The van der Waals surface area contributed by atoms with Crippen molar-refractivity contribution >= 4 is 0 Å². The third kappa shape index (κ3) is 5.05. The monoisotopic (exact) mass is 298 g/mol. The van der Waals surface area contributed by atoms with Crippen LogP contribution in [0, 0.1) is 0 Å². The van der Waals surface area contributed by atoms with Gasteiger partial charge in [-0.2, -0.15) is 0 Å². The van der Waals surface area contributed by atoms with Gasteiger partial charge in [0.1, 0.15) is 11.4 Å². The van der Waals surface area contributed by atoms with Crippen molar-refractivity contribution < 1.29 is 4.74 Å². The summed E-state index contributed by atoms with van der Waals surface area (Å²) in [5, 5.41) is 0. The number of benzene rings is 1. The third-order valence-electron chi connectivity index (χ3n) is 4.51. The van der Waals surface area contributed by atoms with Gasteiger partial charge in [-0.05, 0) is 77.8 Å². The van der Waals surface area contributed by atoms with Crippen molar-refractivity contribution in [1.82, 2.24) is 0 Å². The average Bonchev–Trinajstić information content (AvgIpc) is 2.46. The van der Waals surface area contributed by atoms with Crippen molar-refractivity contribution in [3.63, 3.8) is 0 Å². The smallest absolute Gasteiger partial charge is 0.123 e. The second kappa shape index (κ2) is 7.67. The van der Waals surface area contributed by atoms with E-state index in [9.17, 15) is 0 Å². The molecule has 0 saturated heterocycles. The van der Waals surface area contributed by atoms with Crippen LogP contribution in [-0.4, -0.2) is 5.60 Å². The minimum Gasteiger partial charge on any atom is -0.487 e. The summed E-state index contributed by atoms with van der Waals surface area (Å²) in [4.78, 5) is 0. The first-order valence-electron chi connectivity index (χ1n) is 8.54. The lowest BCUT2D eigenvalue weighted by atomic mass is 9.88. The fourth-order valence-electron chi connectivity index (χ4n) is 3.02.